The minimum atomic E-state index is -0.285. The molecule has 5 heteroatoms. The quantitative estimate of drug-likeness (QED) is 0.351. The highest BCUT2D eigenvalue weighted by atomic mass is 19.1. The number of aromatic nitrogens is 1. The fourth-order valence-electron chi connectivity index (χ4n) is 3.44. The van der Waals surface area contributed by atoms with Crippen LogP contribution >= 0.6 is 0 Å². The molecule has 0 saturated heterocycles. The van der Waals surface area contributed by atoms with Crippen LogP contribution in [-0.2, 0) is 4.79 Å². The zero-order chi connectivity index (χ0) is 22.0. The van der Waals surface area contributed by atoms with E-state index in [1.54, 1.807) is 36.4 Å². The molecule has 0 saturated carbocycles. The SMILES string of the molecule is CC(C)(C)CC(=O)COc1cccc(-c2nc3ccc(-c4ccccc4F)cc3o2)c1. The van der Waals surface area contributed by atoms with Crippen molar-refractivity contribution in [3.63, 3.8) is 0 Å². The van der Waals surface area contributed by atoms with Gasteiger partial charge in [0.1, 0.15) is 23.7 Å². The number of hydrogen-bond donors (Lipinski definition) is 0. The lowest BCUT2D eigenvalue weighted by atomic mass is 9.90. The topological polar surface area (TPSA) is 52.3 Å². The first-order valence-corrected chi connectivity index (χ1v) is 10.2. The van der Waals surface area contributed by atoms with Crippen LogP contribution in [0.4, 0.5) is 4.39 Å². The molecular formula is C26H24FNO3. The maximum Gasteiger partial charge on any atom is 0.227 e. The third-order valence-electron chi connectivity index (χ3n) is 4.78. The minimum Gasteiger partial charge on any atom is -0.486 e. The standard InChI is InChI=1S/C26H24FNO3/c1-26(2,3)15-19(29)16-30-20-8-6-7-18(13-20)25-28-23-12-11-17(14-24(23)31-25)21-9-4-5-10-22(21)27/h4-14H,15-16H2,1-3H3. The van der Waals surface area contributed by atoms with Crippen LogP contribution in [-0.4, -0.2) is 17.4 Å². The van der Waals surface area contributed by atoms with Crippen molar-refractivity contribution >= 4 is 16.9 Å². The summed E-state index contributed by atoms with van der Waals surface area (Å²) >= 11 is 0. The van der Waals surface area contributed by atoms with Crippen molar-refractivity contribution in [3.8, 4) is 28.3 Å². The van der Waals surface area contributed by atoms with Crippen molar-refractivity contribution in [1.29, 1.82) is 0 Å². The van der Waals surface area contributed by atoms with Crippen LogP contribution in [0, 0.1) is 11.2 Å². The number of fused-ring (bicyclic) bond motifs is 1. The second-order valence-corrected chi connectivity index (χ2v) is 8.77. The smallest absolute Gasteiger partial charge is 0.227 e. The van der Waals surface area contributed by atoms with Gasteiger partial charge in [0.2, 0.25) is 5.89 Å². The summed E-state index contributed by atoms with van der Waals surface area (Å²) in [6.07, 6.45) is 0.460. The van der Waals surface area contributed by atoms with Crippen molar-refractivity contribution in [2.45, 2.75) is 27.2 Å². The molecule has 0 N–H and O–H groups in total. The van der Waals surface area contributed by atoms with Gasteiger partial charge in [-0.25, -0.2) is 9.37 Å². The van der Waals surface area contributed by atoms with E-state index in [0.29, 0.717) is 34.7 Å². The lowest BCUT2D eigenvalue weighted by molar-refractivity contribution is -0.122. The number of halogens is 1. The van der Waals surface area contributed by atoms with E-state index in [2.05, 4.69) is 4.98 Å². The molecule has 1 heterocycles. The minimum absolute atomic E-state index is 0.0281. The summed E-state index contributed by atoms with van der Waals surface area (Å²) in [5.74, 6) is 0.786. The predicted octanol–water partition coefficient (Wildman–Crippen LogP) is 6.69. The Morgan fingerprint density at radius 3 is 2.58 bits per heavy atom. The first-order valence-electron chi connectivity index (χ1n) is 10.2. The Morgan fingerprint density at radius 1 is 1.00 bits per heavy atom. The Labute approximate surface area is 180 Å². The van der Waals surface area contributed by atoms with Gasteiger partial charge in [0.25, 0.3) is 0 Å². The zero-order valence-corrected chi connectivity index (χ0v) is 17.8. The Balaban J connectivity index is 1.56. The van der Waals surface area contributed by atoms with Gasteiger partial charge in [0.15, 0.2) is 11.4 Å². The molecule has 0 atom stereocenters. The summed E-state index contributed by atoms with van der Waals surface area (Å²) in [5.41, 5.74) is 3.16. The molecule has 0 bridgehead atoms. The van der Waals surface area contributed by atoms with Gasteiger partial charge in [-0.3, -0.25) is 4.79 Å². The molecule has 0 aliphatic heterocycles. The Kier molecular flexibility index (Phi) is 5.59. The summed E-state index contributed by atoms with van der Waals surface area (Å²) in [6.45, 7) is 6.10. The van der Waals surface area contributed by atoms with Gasteiger partial charge in [0, 0.05) is 17.5 Å². The number of nitrogens with zero attached hydrogens (tertiary/aromatic N) is 1. The second-order valence-electron chi connectivity index (χ2n) is 8.77. The molecule has 0 fully saturated rings. The molecule has 31 heavy (non-hydrogen) atoms. The van der Waals surface area contributed by atoms with Crippen molar-refractivity contribution in [2.75, 3.05) is 6.61 Å². The first kappa shape index (κ1) is 20.8. The molecule has 4 aromatic rings. The maximum absolute atomic E-state index is 14.1. The normalized spacial score (nSPS) is 11.6. The van der Waals surface area contributed by atoms with Gasteiger partial charge in [0.05, 0.1) is 0 Å². The maximum atomic E-state index is 14.1. The van der Waals surface area contributed by atoms with Gasteiger partial charge >= 0.3 is 0 Å². The molecule has 4 nitrogen and oxygen atoms in total. The highest BCUT2D eigenvalue weighted by Crippen LogP contribution is 2.31. The van der Waals surface area contributed by atoms with Crippen molar-refractivity contribution in [2.24, 2.45) is 5.41 Å². The second kappa shape index (κ2) is 8.34. The number of Topliss-reactive ketones (excluding diaryl/α,β-unsaturated/α-hetero) is 1. The largest absolute Gasteiger partial charge is 0.486 e. The van der Waals surface area contributed by atoms with E-state index in [9.17, 15) is 9.18 Å². The number of benzene rings is 3. The van der Waals surface area contributed by atoms with Crippen LogP contribution in [0.25, 0.3) is 33.7 Å². The van der Waals surface area contributed by atoms with E-state index in [0.717, 1.165) is 11.1 Å². The number of rotatable bonds is 6. The van der Waals surface area contributed by atoms with Crippen LogP contribution in [0.3, 0.4) is 0 Å². The molecule has 158 valence electrons. The Morgan fingerprint density at radius 2 is 1.81 bits per heavy atom. The molecule has 1 aromatic heterocycles. The Hall–Kier alpha value is -3.47. The molecular weight excluding hydrogens is 393 g/mol. The van der Waals surface area contributed by atoms with Crippen molar-refractivity contribution in [1.82, 2.24) is 4.98 Å². The third kappa shape index (κ3) is 5.00. The molecule has 0 amide bonds. The summed E-state index contributed by atoms with van der Waals surface area (Å²) in [6, 6.07) is 19.4. The monoisotopic (exact) mass is 417 g/mol. The van der Waals surface area contributed by atoms with Crippen molar-refractivity contribution in [3.05, 3.63) is 72.5 Å². The van der Waals surface area contributed by atoms with Gasteiger partial charge < -0.3 is 9.15 Å². The van der Waals surface area contributed by atoms with Crippen LogP contribution in [0.2, 0.25) is 0 Å². The number of ketones is 1. The number of carbonyl (C=O) groups is 1. The van der Waals surface area contributed by atoms with Gasteiger partial charge in [-0.15, -0.1) is 0 Å². The first-order chi connectivity index (χ1) is 14.8. The zero-order valence-electron chi connectivity index (χ0n) is 17.8. The van der Waals surface area contributed by atoms with E-state index in [-0.39, 0.29) is 23.6 Å². The van der Waals surface area contributed by atoms with E-state index >= 15 is 0 Å². The fourth-order valence-corrected chi connectivity index (χ4v) is 3.44. The molecule has 3 aromatic carbocycles. The Bertz CT molecular complexity index is 1240. The van der Waals surface area contributed by atoms with Crippen molar-refractivity contribution < 1.29 is 18.3 Å². The number of carbonyl (C=O) groups excluding carboxylic acids is 1. The van der Waals surface area contributed by atoms with Crippen LogP contribution < -0.4 is 4.74 Å². The highest BCUT2D eigenvalue weighted by Gasteiger charge is 2.17. The van der Waals surface area contributed by atoms with Crippen LogP contribution in [0.15, 0.2) is 71.1 Å². The molecule has 0 unspecified atom stereocenters. The average molecular weight is 417 g/mol. The predicted molar refractivity (Wildman–Crippen MR) is 119 cm³/mol. The van der Waals surface area contributed by atoms with E-state index in [4.69, 9.17) is 9.15 Å². The summed E-state index contributed by atoms with van der Waals surface area (Å²) in [4.78, 5) is 16.6. The number of oxazole rings is 1. The fraction of sp³-hybridized carbons (Fsp3) is 0.231. The summed E-state index contributed by atoms with van der Waals surface area (Å²) in [5, 5.41) is 0. The molecule has 0 aliphatic carbocycles. The molecule has 0 radical (unpaired) electrons. The lowest BCUT2D eigenvalue weighted by Crippen LogP contribution is -2.18. The summed E-state index contributed by atoms with van der Waals surface area (Å²) < 4.78 is 25.8. The van der Waals surface area contributed by atoms with E-state index in [1.807, 2.05) is 45.0 Å². The molecule has 0 aliphatic rings. The molecule has 0 spiro atoms. The number of ether oxygens (including phenoxy) is 1. The lowest BCUT2D eigenvalue weighted by Gasteiger charge is -2.16. The van der Waals surface area contributed by atoms with Crippen LogP contribution in [0.5, 0.6) is 5.75 Å². The van der Waals surface area contributed by atoms with Gasteiger partial charge in [-0.05, 0) is 47.4 Å². The van der Waals surface area contributed by atoms with Gasteiger partial charge in [-0.1, -0.05) is 51.1 Å². The highest BCUT2D eigenvalue weighted by molar-refractivity contribution is 5.82. The van der Waals surface area contributed by atoms with Gasteiger partial charge in [-0.2, -0.15) is 0 Å². The van der Waals surface area contributed by atoms with E-state index < -0.39 is 0 Å². The summed E-state index contributed by atoms with van der Waals surface area (Å²) in [7, 11) is 0. The van der Waals surface area contributed by atoms with E-state index in [1.165, 1.54) is 6.07 Å². The molecule has 4 rings (SSSR count). The average Bonchev–Trinajstić information content (AvgIpc) is 3.15. The van der Waals surface area contributed by atoms with Crippen LogP contribution in [0.1, 0.15) is 27.2 Å². The third-order valence-corrected chi connectivity index (χ3v) is 4.78. The number of hydrogen-bond acceptors (Lipinski definition) is 4.